The first-order chi connectivity index (χ1) is 11.1. The number of non-ortho nitro benzene ring substituents is 1. The summed E-state index contributed by atoms with van der Waals surface area (Å²) in [5.74, 6) is -0.531. The van der Waals surface area contributed by atoms with E-state index in [0.717, 1.165) is 11.5 Å². The number of nitrogens with zero attached hydrogens (tertiary/aromatic N) is 2. The maximum atomic E-state index is 12.4. The molecule has 23 heavy (non-hydrogen) atoms. The van der Waals surface area contributed by atoms with E-state index >= 15 is 0 Å². The van der Waals surface area contributed by atoms with Crippen LogP contribution in [0.1, 0.15) is 10.4 Å². The Morgan fingerprint density at radius 3 is 2.74 bits per heavy atom. The van der Waals surface area contributed by atoms with E-state index < -0.39 is 10.8 Å². The van der Waals surface area contributed by atoms with Gasteiger partial charge < -0.3 is 5.32 Å². The van der Waals surface area contributed by atoms with E-state index in [4.69, 9.17) is 11.6 Å². The van der Waals surface area contributed by atoms with Gasteiger partial charge in [-0.3, -0.25) is 19.9 Å². The van der Waals surface area contributed by atoms with E-state index in [-0.39, 0.29) is 16.3 Å². The Hall–Kier alpha value is -2.99. The summed E-state index contributed by atoms with van der Waals surface area (Å²) in [5.41, 5.74) is 0.977. The Balaban J connectivity index is 1.98. The summed E-state index contributed by atoms with van der Waals surface area (Å²) < 4.78 is 0. The van der Waals surface area contributed by atoms with Gasteiger partial charge in [-0.15, -0.1) is 0 Å². The fourth-order valence-corrected chi connectivity index (χ4v) is 2.40. The van der Waals surface area contributed by atoms with Gasteiger partial charge in [-0.25, -0.2) is 0 Å². The van der Waals surface area contributed by atoms with Crippen molar-refractivity contribution in [3.63, 3.8) is 0 Å². The van der Waals surface area contributed by atoms with Crippen molar-refractivity contribution < 1.29 is 9.72 Å². The maximum absolute atomic E-state index is 12.4. The molecule has 114 valence electrons. The van der Waals surface area contributed by atoms with Gasteiger partial charge in [0, 0.05) is 23.7 Å². The van der Waals surface area contributed by atoms with Crippen LogP contribution in [0.15, 0.2) is 54.7 Å². The Labute approximate surface area is 135 Å². The number of amides is 1. The standard InChI is InChI=1S/C16H10ClN3O3/c17-13-7-6-11(20(22)23)9-12(13)16(21)19-14-5-1-3-10-4-2-8-18-15(10)14/h1-9H,(H,19,21). The second kappa shape index (κ2) is 6.02. The van der Waals surface area contributed by atoms with Gasteiger partial charge in [-0.05, 0) is 18.2 Å². The molecule has 0 bridgehead atoms. The van der Waals surface area contributed by atoms with Crippen LogP contribution in [-0.4, -0.2) is 15.8 Å². The first-order valence-corrected chi connectivity index (χ1v) is 7.03. The zero-order valence-electron chi connectivity index (χ0n) is 11.7. The molecule has 6 nitrogen and oxygen atoms in total. The lowest BCUT2D eigenvalue weighted by Gasteiger charge is -2.09. The van der Waals surface area contributed by atoms with Crippen molar-refractivity contribution in [1.29, 1.82) is 0 Å². The molecule has 1 N–H and O–H groups in total. The number of anilines is 1. The zero-order chi connectivity index (χ0) is 16.4. The summed E-state index contributed by atoms with van der Waals surface area (Å²) in [7, 11) is 0. The van der Waals surface area contributed by atoms with Crippen LogP contribution in [0.25, 0.3) is 10.9 Å². The molecule has 2 aromatic carbocycles. The topological polar surface area (TPSA) is 85.1 Å². The van der Waals surface area contributed by atoms with E-state index in [9.17, 15) is 14.9 Å². The molecule has 0 saturated heterocycles. The van der Waals surface area contributed by atoms with E-state index in [0.29, 0.717) is 11.2 Å². The van der Waals surface area contributed by atoms with Crippen LogP contribution in [0.2, 0.25) is 5.02 Å². The van der Waals surface area contributed by atoms with Crippen LogP contribution in [0, 0.1) is 10.1 Å². The smallest absolute Gasteiger partial charge is 0.270 e. The Morgan fingerprint density at radius 1 is 1.17 bits per heavy atom. The molecule has 3 rings (SSSR count). The van der Waals surface area contributed by atoms with Gasteiger partial charge in [0.1, 0.15) is 0 Å². The molecule has 0 radical (unpaired) electrons. The summed E-state index contributed by atoms with van der Waals surface area (Å²) in [6.45, 7) is 0. The fraction of sp³-hybridized carbons (Fsp3) is 0. The number of nitro benzene ring substituents is 1. The van der Waals surface area contributed by atoms with Gasteiger partial charge in [0.05, 0.1) is 26.7 Å². The average Bonchev–Trinajstić information content (AvgIpc) is 2.55. The average molecular weight is 328 g/mol. The molecule has 0 aliphatic carbocycles. The van der Waals surface area contributed by atoms with E-state index in [1.165, 1.54) is 12.1 Å². The summed E-state index contributed by atoms with van der Waals surface area (Å²) in [6, 6.07) is 12.8. The summed E-state index contributed by atoms with van der Waals surface area (Å²) in [4.78, 5) is 26.9. The number of nitro groups is 1. The monoisotopic (exact) mass is 327 g/mol. The minimum Gasteiger partial charge on any atom is -0.320 e. The molecule has 1 amide bonds. The molecule has 0 saturated carbocycles. The van der Waals surface area contributed by atoms with Gasteiger partial charge >= 0.3 is 0 Å². The number of carbonyl (C=O) groups excluding carboxylic acids is 1. The number of para-hydroxylation sites is 1. The van der Waals surface area contributed by atoms with Crippen molar-refractivity contribution in [2.24, 2.45) is 0 Å². The summed E-state index contributed by atoms with van der Waals surface area (Å²) in [6.07, 6.45) is 1.62. The largest absolute Gasteiger partial charge is 0.320 e. The van der Waals surface area contributed by atoms with Gasteiger partial charge in [-0.2, -0.15) is 0 Å². The number of hydrogen-bond acceptors (Lipinski definition) is 4. The molecule has 0 spiro atoms. The Kier molecular flexibility index (Phi) is 3.91. The zero-order valence-corrected chi connectivity index (χ0v) is 12.4. The molecule has 7 heteroatoms. The summed E-state index contributed by atoms with van der Waals surface area (Å²) >= 11 is 5.98. The summed E-state index contributed by atoms with van der Waals surface area (Å²) in [5, 5.41) is 14.6. The van der Waals surface area contributed by atoms with Gasteiger partial charge in [0.2, 0.25) is 0 Å². The van der Waals surface area contributed by atoms with Gasteiger partial charge in [0.15, 0.2) is 0 Å². The number of halogens is 1. The van der Waals surface area contributed by atoms with Crippen LogP contribution >= 0.6 is 11.6 Å². The van der Waals surface area contributed by atoms with Crippen LogP contribution in [-0.2, 0) is 0 Å². The van der Waals surface area contributed by atoms with E-state index in [2.05, 4.69) is 10.3 Å². The predicted octanol–water partition coefficient (Wildman–Crippen LogP) is 4.05. The highest BCUT2D eigenvalue weighted by atomic mass is 35.5. The number of hydrogen-bond donors (Lipinski definition) is 1. The SMILES string of the molecule is O=C(Nc1cccc2cccnc12)c1cc([N+](=O)[O-])ccc1Cl. The highest BCUT2D eigenvalue weighted by Crippen LogP contribution is 2.25. The van der Waals surface area contributed by atoms with Gasteiger partial charge in [-0.1, -0.05) is 29.8 Å². The number of benzene rings is 2. The molecule has 1 heterocycles. The molecular formula is C16H10ClN3O3. The third-order valence-corrected chi connectivity index (χ3v) is 3.62. The lowest BCUT2D eigenvalue weighted by Crippen LogP contribution is -2.13. The first kappa shape index (κ1) is 14.9. The lowest BCUT2D eigenvalue weighted by atomic mass is 10.1. The molecule has 0 aliphatic heterocycles. The second-order valence-electron chi connectivity index (χ2n) is 4.76. The number of carbonyl (C=O) groups is 1. The molecule has 1 aromatic heterocycles. The number of pyridine rings is 1. The molecule has 3 aromatic rings. The molecule has 0 atom stereocenters. The highest BCUT2D eigenvalue weighted by molar-refractivity contribution is 6.34. The van der Waals surface area contributed by atoms with Crippen molar-refractivity contribution >= 4 is 39.8 Å². The van der Waals surface area contributed by atoms with Crippen molar-refractivity contribution in [3.05, 3.63) is 75.4 Å². The maximum Gasteiger partial charge on any atom is 0.270 e. The number of aromatic nitrogens is 1. The van der Waals surface area contributed by atoms with Crippen LogP contribution in [0.4, 0.5) is 11.4 Å². The van der Waals surface area contributed by atoms with Crippen molar-refractivity contribution in [1.82, 2.24) is 4.98 Å². The fourth-order valence-electron chi connectivity index (χ4n) is 2.20. The Bertz CT molecular complexity index is 922. The molecule has 0 unspecified atom stereocenters. The minimum absolute atomic E-state index is 0.0359. The quantitative estimate of drug-likeness (QED) is 0.581. The van der Waals surface area contributed by atoms with Crippen LogP contribution < -0.4 is 5.32 Å². The van der Waals surface area contributed by atoms with E-state index in [1.54, 1.807) is 24.4 Å². The normalized spacial score (nSPS) is 10.5. The number of fused-ring (bicyclic) bond motifs is 1. The molecular weight excluding hydrogens is 318 g/mol. The van der Waals surface area contributed by atoms with Crippen molar-refractivity contribution in [2.45, 2.75) is 0 Å². The van der Waals surface area contributed by atoms with Crippen LogP contribution in [0.3, 0.4) is 0 Å². The number of nitrogens with one attached hydrogen (secondary N) is 1. The first-order valence-electron chi connectivity index (χ1n) is 6.65. The second-order valence-corrected chi connectivity index (χ2v) is 5.16. The molecule has 0 aliphatic rings. The van der Waals surface area contributed by atoms with E-state index in [1.807, 2.05) is 12.1 Å². The number of rotatable bonds is 3. The Morgan fingerprint density at radius 2 is 1.96 bits per heavy atom. The third-order valence-electron chi connectivity index (χ3n) is 3.29. The predicted molar refractivity (Wildman–Crippen MR) is 87.8 cm³/mol. The van der Waals surface area contributed by atoms with Crippen molar-refractivity contribution in [2.75, 3.05) is 5.32 Å². The van der Waals surface area contributed by atoms with Gasteiger partial charge in [0.25, 0.3) is 11.6 Å². The van der Waals surface area contributed by atoms with Crippen LogP contribution in [0.5, 0.6) is 0 Å². The lowest BCUT2D eigenvalue weighted by molar-refractivity contribution is -0.384. The highest BCUT2D eigenvalue weighted by Gasteiger charge is 2.16. The van der Waals surface area contributed by atoms with Crippen molar-refractivity contribution in [3.8, 4) is 0 Å². The molecule has 0 fully saturated rings. The minimum atomic E-state index is -0.577. The third kappa shape index (κ3) is 2.97.